The summed E-state index contributed by atoms with van der Waals surface area (Å²) >= 11 is 0.938. The number of hydrogen-bond acceptors (Lipinski definition) is 5. The minimum absolute atomic E-state index is 0.0694. The molecule has 2 unspecified atom stereocenters. The zero-order chi connectivity index (χ0) is 23.0. The van der Waals surface area contributed by atoms with Crippen molar-refractivity contribution >= 4 is 23.5 Å². The van der Waals surface area contributed by atoms with Gasteiger partial charge in [-0.3, -0.25) is 9.93 Å². The first-order valence-corrected chi connectivity index (χ1v) is 10.2. The van der Waals surface area contributed by atoms with Gasteiger partial charge in [-0.15, -0.1) is 0 Å². The molecule has 1 heterocycles. The zero-order valence-electron chi connectivity index (χ0n) is 16.6. The van der Waals surface area contributed by atoms with Gasteiger partial charge in [0.05, 0.1) is 13.0 Å². The molecule has 2 atom stereocenters. The van der Waals surface area contributed by atoms with Crippen LogP contribution in [0.1, 0.15) is 25.7 Å². The summed E-state index contributed by atoms with van der Waals surface area (Å²) in [4.78, 5) is 16.1. The lowest BCUT2D eigenvalue weighted by atomic mass is 9.80. The highest BCUT2D eigenvalue weighted by molar-refractivity contribution is 7.97. The van der Waals surface area contributed by atoms with Crippen LogP contribution in [0.4, 0.5) is 27.6 Å². The van der Waals surface area contributed by atoms with Crippen LogP contribution in [0, 0.1) is 23.5 Å². The van der Waals surface area contributed by atoms with E-state index in [1.54, 1.807) is 12.1 Å². The van der Waals surface area contributed by atoms with E-state index in [0.29, 0.717) is 23.6 Å². The molecule has 170 valence electrons. The summed E-state index contributed by atoms with van der Waals surface area (Å²) in [5.41, 5.74) is 0.497. The van der Waals surface area contributed by atoms with Gasteiger partial charge in [-0.1, -0.05) is 12.5 Å². The van der Waals surface area contributed by atoms with Gasteiger partial charge in [0, 0.05) is 17.8 Å². The Labute approximate surface area is 180 Å². The average Bonchev–Trinajstić information content (AvgIpc) is 2.76. The fraction of sp³-hybridized carbons (Fsp3) is 0.400. The number of nitrogens with zero attached hydrogens (tertiary/aromatic N) is 1. The first-order chi connectivity index (χ1) is 14.7. The predicted molar refractivity (Wildman–Crippen MR) is 107 cm³/mol. The minimum Gasteiger partial charge on any atom is -0.494 e. The molecular weight excluding hydrogens is 441 g/mol. The monoisotopic (exact) mass is 463 g/mol. The lowest BCUT2D eigenvalue weighted by Gasteiger charge is -2.29. The van der Waals surface area contributed by atoms with E-state index in [4.69, 9.17) is 5.14 Å². The number of aromatic nitrogens is 1. The molecule has 0 aliphatic heterocycles. The Kier molecular flexibility index (Phi) is 9.05. The van der Waals surface area contributed by atoms with Gasteiger partial charge in [0.25, 0.3) is 0 Å². The van der Waals surface area contributed by atoms with Crippen molar-refractivity contribution in [3.63, 3.8) is 0 Å². The third-order valence-electron chi connectivity index (χ3n) is 4.77. The van der Waals surface area contributed by atoms with Crippen LogP contribution < -0.4 is 15.2 Å². The summed E-state index contributed by atoms with van der Waals surface area (Å²) in [6, 6.07) is 6.96. The normalized spacial score (nSPS) is 18.5. The molecule has 11 heteroatoms. The molecule has 0 saturated heterocycles. The van der Waals surface area contributed by atoms with Crippen molar-refractivity contribution < 1.29 is 31.5 Å². The smallest absolute Gasteiger partial charge is 0.391 e. The van der Waals surface area contributed by atoms with Crippen molar-refractivity contribution in [3.05, 3.63) is 48.2 Å². The largest absolute Gasteiger partial charge is 0.494 e. The number of hydrogen-bond donors (Lipinski definition) is 2. The lowest BCUT2D eigenvalue weighted by Crippen LogP contribution is -2.34. The third-order valence-corrected chi connectivity index (χ3v) is 5.23. The number of methoxy groups -OCH3 is 1. The zero-order valence-corrected chi connectivity index (χ0v) is 17.4. The number of benzene rings is 1. The van der Waals surface area contributed by atoms with Crippen molar-refractivity contribution in [1.29, 1.82) is 0 Å². The number of halogens is 5. The Balaban J connectivity index is 0.000000285. The van der Waals surface area contributed by atoms with Crippen LogP contribution in [0.2, 0.25) is 0 Å². The SMILES string of the molecule is COc1cccc(F)c1F.NSc1cc(NC(=O)C2CCCC(C(F)(F)F)C2)ccn1. The molecule has 1 saturated carbocycles. The van der Waals surface area contributed by atoms with Gasteiger partial charge in [0.2, 0.25) is 11.7 Å². The van der Waals surface area contributed by atoms with E-state index >= 15 is 0 Å². The summed E-state index contributed by atoms with van der Waals surface area (Å²) in [5.74, 6) is -4.26. The van der Waals surface area contributed by atoms with Gasteiger partial charge < -0.3 is 10.1 Å². The lowest BCUT2D eigenvalue weighted by molar-refractivity contribution is -0.185. The standard InChI is InChI=1S/C13H16F3N3OS.C7H6F2O/c14-13(15,16)9-3-1-2-8(6-9)12(20)19-10-4-5-18-11(7-10)21-17;1-10-6-4-2-3-5(8)7(6)9/h4-5,7-9H,1-3,6,17H2,(H,18,19,20);2-4H,1H3. The first kappa shape index (κ1) is 24.9. The number of pyridine rings is 1. The second-order valence-corrected chi connectivity index (χ2v) is 7.50. The Bertz CT molecular complexity index is 882. The molecule has 3 N–H and O–H groups in total. The van der Waals surface area contributed by atoms with Crippen LogP contribution >= 0.6 is 11.9 Å². The van der Waals surface area contributed by atoms with Gasteiger partial charge >= 0.3 is 6.18 Å². The number of nitrogens with one attached hydrogen (secondary N) is 1. The molecule has 1 fully saturated rings. The van der Waals surface area contributed by atoms with E-state index < -0.39 is 29.6 Å². The molecule has 2 aromatic rings. The number of carbonyl (C=O) groups is 1. The number of amides is 1. The molecule has 1 aliphatic rings. The van der Waals surface area contributed by atoms with E-state index in [0.717, 1.165) is 18.0 Å². The van der Waals surface area contributed by atoms with Gasteiger partial charge in [-0.2, -0.15) is 17.6 Å². The fourth-order valence-electron chi connectivity index (χ4n) is 3.16. The van der Waals surface area contributed by atoms with Crippen molar-refractivity contribution in [2.24, 2.45) is 17.0 Å². The summed E-state index contributed by atoms with van der Waals surface area (Å²) in [6.45, 7) is 0. The summed E-state index contributed by atoms with van der Waals surface area (Å²) in [7, 11) is 1.29. The highest BCUT2D eigenvalue weighted by Crippen LogP contribution is 2.40. The number of carbonyl (C=O) groups excluding carboxylic acids is 1. The molecular formula is C20H22F5N3O2S. The van der Waals surface area contributed by atoms with Gasteiger partial charge in [0.15, 0.2) is 11.6 Å². The van der Waals surface area contributed by atoms with E-state index in [2.05, 4.69) is 15.0 Å². The average molecular weight is 463 g/mol. The van der Waals surface area contributed by atoms with Crippen LogP contribution in [-0.4, -0.2) is 24.2 Å². The Morgan fingerprint density at radius 3 is 2.61 bits per heavy atom. The number of alkyl halides is 3. The van der Waals surface area contributed by atoms with Crippen LogP contribution in [0.15, 0.2) is 41.6 Å². The minimum atomic E-state index is -4.22. The van der Waals surface area contributed by atoms with E-state index in [-0.39, 0.29) is 24.5 Å². The number of rotatable bonds is 4. The number of anilines is 1. The maximum Gasteiger partial charge on any atom is 0.391 e. The van der Waals surface area contributed by atoms with Crippen molar-refractivity contribution in [2.45, 2.75) is 36.9 Å². The van der Waals surface area contributed by atoms with Crippen LogP contribution in [0.25, 0.3) is 0 Å². The van der Waals surface area contributed by atoms with E-state index in [1.165, 1.54) is 25.4 Å². The highest BCUT2D eigenvalue weighted by Gasteiger charge is 2.43. The third kappa shape index (κ3) is 7.35. The number of nitrogens with two attached hydrogens (primary N) is 1. The topological polar surface area (TPSA) is 77.2 Å². The molecule has 3 rings (SSSR count). The summed E-state index contributed by atoms with van der Waals surface area (Å²) in [6.07, 6.45) is -1.86. The summed E-state index contributed by atoms with van der Waals surface area (Å²) < 4.78 is 67.6. The molecule has 31 heavy (non-hydrogen) atoms. The molecule has 1 amide bonds. The molecule has 0 bridgehead atoms. The molecule has 1 aliphatic carbocycles. The molecule has 0 spiro atoms. The second kappa shape index (κ2) is 11.3. The van der Waals surface area contributed by atoms with Crippen molar-refractivity contribution in [2.75, 3.05) is 12.4 Å². The molecule has 5 nitrogen and oxygen atoms in total. The Hall–Kier alpha value is -2.40. The van der Waals surface area contributed by atoms with E-state index in [1.807, 2.05) is 0 Å². The molecule has 1 aromatic heterocycles. The molecule has 0 radical (unpaired) electrons. The van der Waals surface area contributed by atoms with Crippen molar-refractivity contribution in [1.82, 2.24) is 4.98 Å². The number of ether oxygens (including phenoxy) is 1. The fourth-order valence-corrected chi connectivity index (χ4v) is 3.48. The van der Waals surface area contributed by atoms with Gasteiger partial charge in [0.1, 0.15) is 5.03 Å². The maximum atomic E-state index is 12.7. The van der Waals surface area contributed by atoms with Crippen LogP contribution in [0.5, 0.6) is 5.75 Å². The van der Waals surface area contributed by atoms with Gasteiger partial charge in [-0.25, -0.2) is 9.37 Å². The molecule has 1 aromatic carbocycles. The quantitative estimate of drug-likeness (QED) is 0.474. The Morgan fingerprint density at radius 2 is 2.00 bits per heavy atom. The van der Waals surface area contributed by atoms with Gasteiger partial charge in [-0.05, 0) is 55.5 Å². The van der Waals surface area contributed by atoms with Crippen molar-refractivity contribution in [3.8, 4) is 5.75 Å². The Morgan fingerprint density at radius 1 is 1.26 bits per heavy atom. The van der Waals surface area contributed by atoms with Crippen LogP contribution in [0.3, 0.4) is 0 Å². The second-order valence-electron chi connectivity index (χ2n) is 6.85. The van der Waals surface area contributed by atoms with E-state index in [9.17, 15) is 26.7 Å². The maximum absolute atomic E-state index is 12.7. The predicted octanol–water partition coefficient (Wildman–Crippen LogP) is 5.33. The van der Waals surface area contributed by atoms with Crippen LogP contribution in [-0.2, 0) is 4.79 Å². The first-order valence-electron chi connectivity index (χ1n) is 9.34. The summed E-state index contributed by atoms with van der Waals surface area (Å²) in [5, 5.41) is 8.55. The highest BCUT2D eigenvalue weighted by atomic mass is 32.2.